The van der Waals surface area contributed by atoms with E-state index < -0.39 is 10.0 Å². The quantitative estimate of drug-likeness (QED) is 0.825. The van der Waals surface area contributed by atoms with Gasteiger partial charge in [-0.3, -0.25) is 4.79 Å². The van der Waals surface area contributed by atoms with Crippen molar-refractivity contribution in [2.45, 2.75) is 43.0 Å². The third-order valence-electron chi connectivity index (χ3n) is 6.26. The van der Waals surface area contributed by atoms with Gasteiger partial charge in [-0.05, 0) is 61.1 Å². The number of carbonyl (C=O) groups excluding carboxylic acids is 1. The van der Waals surface area contributed by atoms with Crippen molar-refractivity contribution < 1.29 is 13.2 Å². The summed E-state index contributed by atoms with van der Waals surface area (Å²) in [4.78, 5) is 14.5. The second-order valence-corrected chi connectivity index (χ2v) is 10.1. The zero-order valence-electron chi connectivity index (χ0n) is 16.3. The fourth-order valence-corrected chi connectivity index (χ4v) is 6.38. The first-order valence-corrected chi connectivity index (χ1v) is 11.7. The number of hydrogen-bond acceptors (Lipinski definition) is 4. The number of carbonyl (C=O) groups is 1. The van der Waals surface area contributed by atoms with Crippen LogP contribution in [0.1, 0.15) is 30.4 Å². The Morgan fingerprint density at radius 2 is 1.83 bits per heavy atom. The lowest BCUT2D eigenvalue weighted by molar-refractivity contribution is -0.116. The zero-order valence-corrected chi connectivity index (χ0v) is 17.1. The molecule has 3 aliphatic heterocycles. The van der Waals surface area contributed by atoms with Crippen molar-refractivity contribution in [3.8, 4) is 0 Å². The van der Waals surface area contributed by atoms with E-state index in [-0.39, 0.29) is 11.9 Å². The fraction of sp³-hybridized carbons (Fsp3) is 0.409. The van der Waals surface area contributed by atoms with Gasteiger partial charge in [-0.25, -0.2) is 8.42 Å². The van der Waals surface area contributed by atoms with E-state index in [4.69, 9.17) is 0 Å². The molecule has 3 heterocycles. The van der Waals surface area contributed by atoms with Crippen LogP contribution >= 0.6 is 0 Å². The van der Waals surface area contributed by atoms with Gasteiger partial charge in [0.25, 0.3) is 0 Å². The van der Waals surface area contributed by atoms with E-state index in [9.17, 15) is 13.2 Å². The highest BCUT2D eigenvalue weighted by molar-refractivity contribution is 7.89. The molecule has 2 aromatic carbocycles. The lowest BCUT2D eigenvalue weighted by Gasteiger charge is -2.27. The Morgan fingerprint density at radius 3 is 2.72 bits per heavy atom. The van der Waals surface area contributed by atoms with E-state index in [1.165, 1.54) is 11.3 Å². The molecule has 0 aliphatic carbocycles. The molecule has 5 rings (SSSR count). The van der Waals surface area contributed by atoms with Crippen LogP contribution in [0.5, 0.6) is 0 Å². The minimum absolute atomic E-state index is 0.00670. The maximum atomic E-state index is 13.5. The average molecular weight is 412 g/mol. The summed E-state index contributed by atoms with van der Waals surface area (Å²) in [6.07, 6.45) is 3.62. The first kappa shape index (κ1) is 18.6. The lowest BCUT2D eigenvalue weighted by atomic mass is 10.1. The number of sulfonamides is 1. The summed E-state index contributed by atoms with van der Waals surface area (Å²) in [6, 6.07) is 13.7. The Hall–Kier alpha value is -2.38. The third-order valence-corrected chi connectivity index (χ3v) is 8.12. The number of hydrogen-bond donors (Lipinski definition) is 1. The third kappa shape index (κ3) is 3.32. The molecule has 1 fully saturated rings. The van der Waals surface area contributed by atoms with Gasteiger partial charge >= 0.3 is 0 Å². The molecule has 7 heteroatoms. The summed E-state index contributed by atoms with van der Waals surface area (Å²) < 4.78 is 28.6. The van der Waals surface area contributed by atoms with E-state index in [0.29, 0.717) is 30.8 Å². The number of anilines is 2. The number of fused-ring (bicyclic) bond motifs is 4. The van der Waals surface area contributed by atoms with Gasteiger partial charge < -0.3 is 10.2 Å². The summed E-state index contributed by atoms with van der Waals surface area (Å²) in [5, 5.41) is 2.88. The first-order valence-electron chi connectivity index (χ1n) is 10.3. The van der Waals surface area contributed by atoms with Crippen LogP contribution in [0.4, 0.5) is 11.4 Å². The Kier molecular flexibility index (Phi) is 4.59. The molecule has 29 heavy (non-hydrogen) atoms. The lowest BCUT2D eigenvalue weighted by Crippen LogP contribution is -2.41. The van der Waals surface area contributed by atoms with Crippen LogP contribution in [0.25, 0.3) is 0 Å². The molecule has 0 aromatic heterocycles. The summed E-state index contributed by atoms with van der Waals surface area (Å²) in [7, 11) is -3.58. The predicted octanol–water partition coefficient (Wildman–Crippen LogP) is 2.79. The SMILES string of the molecule is O=C1CCCc2cc(S(=O)(=O)N3CCCN4c5ccccc5CC4C3)ccc2N1. The zero-order chi connectivity index (χ0) is 20.0. The van der Waals surface area contributed by atoms with E-state index in [1.807, 2.05) is 6.07 Å². The Bertz CT molecular complexity index is 1070. The topological polar surface area (TPSA) is 69.7 Å². The molecule has 1 N–H and O–H groups in total. The fourth-order valence-electron chi connectivity index (χ4n) is 4.81. The molecule has 0 bridgehead atoms. The number of aryl methyl sites for hydroxylation is 1. The van der Waals surface area contributed by atoms with Crippen LogP contribution < -0.4 is 10.2 Å². The minimum Gasteiger partial charge on any atom is -0.367 e. The number of amides is 1. The molecule has 2 aromatic rings. The van der Waals surface area contributed by atoms with Crippen LogP contribution in [-0.2, 0) is 27.7 Å². The molecule has 6 nitrogen and oxygen atoms in total. The molecular weight excluding hydrogens is 386 g/mol. The molecule has 1 unspecified atom stereocenters. The molecule has 1 atom stereocenters. The second-order valence-electron chi connectivity index (χ2n) is 8.12. The first-order chi connectivity index (χ1) is 14.0. The van der Waals surface area contributed by atoms with Crippen LogP contribution in [-0.4, -0.2) is 44.3 Å². The Balaban J connectivity index is 1.42. The summed E-state index contributed by atoms with van der Waals surface area (Å²) in [5.41, 5.74) is 4.19. The minimum atomic E-state index is -3.58. The smallest absolute Gasteiger partial charge is 0.243 e. The Morgan fingerprint density at radius 1 is 0.966 bits per heavy atom. The summed E-state index contributed by atoms with van der Waals surface area (Å²) >= 11 is 0. The van der Waals surface area contributed by atoms with Gasteiger partial charge in [0.1, 0.15) is 0 Å². The highest BCUT2D eigenvalue weighted by Crippen LogP contribution is 2.35. The monoisotopic (exact) mass is 411 g/mol. The molecule has 0 radical (unpaired) electrons. The van der Waals surface area contributed by atoms with Crippen molar-refractivity contribution in [2.24, 2.45) is 0 Å². The molecule has 0 saturated carbocycles. The van der Waals surface area contributed by atoms with Gasteiger partial charge in [-0.2, -0.15) is 4.31 Å². The van der Waals surface area contributed by atoms with Crippen molar-refractivity contribution >= 4 is 27.3 Å². The number of nitrogens with zero attached hydrogens (tertiary/aromatic N) is 2. The second kappa shape index (κ2) is 7.15. The van der Waals surface area contributed by atoms with Crippen LogP contribution in [0.15, 0.2) is 47.4 Å². The van der Waals surface area contributed by atoms with Gasteiger partial charge in [0.05, 0.1) is 4.90 Å². The van der Waals surface area contributed by atoms with Crippen molar-refractivity contribution in [1.82, 2.24) is 4.31 Å². The van der Waals surface area contributed by atoms with Gasteiger partial charge in [0.2, 0.25) is 15.9 Å². The van der Waals surface area contributed by atoms with E-state index in [0.717, 1.165) is 37.1 Å². The standard InChI is InChI=1S/C22H25N3O3S/c26-22-8-3-6-16-14-19(9-10-20(16)23-22)29(27,28)24-11-4-12-25-18(15-24)13-17-5-1-2-7-21(17)25/h1-2,5,7,9-10,14,18H,3-4,6,8,11-13,15H2,(H,23,26). The van der Waals surface area contributed by atoms with Gasteiger partial charge in [0.15, 0.2) is 0 Å². The molecular formula is C22H25N3O3S. The highest BCUT2D eigenvalue weighted by atomic mass is 32.2. The molecule has 0 spiro atoms. The van der Waals surface area contributed by atoms with Crippen LogP contribution in [0, 0.1) is 0 Å². The number of nitrogens with one attached hydrogen (secondary N) is 1. The number of benzene rings is 2. The molecule has 1 saturated heterocycles. The Labute approximate surface area is 171 Å². The van der Waals surface area contributed by atoms with E-state index in [1.54, 1.807) is 22.5 Å². The number of para-hydroxylation sites is 1. The van der Waals surface area contributed by atoms with Gasteiger partial charge in [0, 0.05) is 43.5 Å². The largest absolute Gasteiger partial charge is 0.367 e. The molecule has 152 valence electrons. The van der Waals surface area contributed by atoms with Crippen molar-refractivity contribution in [3.63, 3.8) is 0 Å². The summed E-state index contributed by atoms with van der Waals surface area (Å²) in [5.74, 6) is -0.00670. The van der Waals surface area contributed by atoms with Crippen molar-refractivity contribution in [2.75, 3.05) is 29.9 Å². The molecule has 1 amide bonds. The van der Waals surface area contributed by atoms with E-state index in [2.05, 4.69) is 28.4 Å². The van der Waals surface area contributed by atoms with Crippen LogP contribution in [0.2, 0.25) is 0 Å². The average Bonchev–Trinajstić information content (AvgIpc) is 2.84. The number of rotatable bonds is 2. The van der Waals surface area contributed by atoms with Gasteiger partial charge in [-0.1, -0.05) is 18.2 Å². The normalized spacial score (nSPS) is 22.1. The summed E-state index contributed by atoms with van der Waals surface area (Å²) in [6.45, 7) is 1.92. The highest BCUT2D eigenvalue weighted by Gasteiger charge is 2.36. The maximum Gasteiger partial charge on any atom is 0.243 e. The van der Waals surface area contributed by atoms with Crippen molar-refractivity contribution in [3.05, 3.63) is 53.6 Å². The molecule has 3 aliphatic rings. The van der Waals surface area contributed by atoms with Crippen molar-refractivity contribution in [1.29, 1.82) is 0 Å². The van der Waals surface area contributed by atoms with Crippen LogP contribution in [0.3, 0.4) is 0 Å². The predicted molar refractivity (Wildman–Crippen MR) is 113 cm³/mol. The maximum absolute atomic E-state index is 13.5. The van der Waals surface area contributed by atoms with Gasteiger partial charge in [-0.15, -0.1) is 0 Å². The van der Waals surface area contributed by atoms with E-state index >= 15 is 0 Å².